The number of carbonyl (C=O) groups excluding carboxylic acids is 2. The molecule has 2 amide bonds. The van der Waals surface area contributed by atoms with Crippen LogP contribution >= 0.6 is 11.8 Å². The number of hydrogen-bond acceptors (Lipinski definition) is 5. The monoisotopic (exact) mass is 380 g/mol. The van der Waals surface area contributed by atoms with Crippen molar-refractivity contribution in [2.24, 2.45) is 0 Å². The standard InChI is InChI=1S/C19H28N2O4S/c1-13-11-21(12-14(2)25-13)19(23)16(9-10-26-4)20-18(22)15-7-5-6-8-17(15)24-3/h5-8,13-14,16H,9-12H2,1-4H3,(H,20,22)/t13-,14+,16-/m0/s1. The number of morpholine rings is 1. The molecule has 2 rings (SSSR count). The summed E-state index contributed by atoms with van der Waals surface area (Å²) in [5.74, 6) is 0.938. The molecule has 26 heavy (non-hydrogen) atoms. The van der Waals surface area contributed by atoms with Gasteiger partial charge in [-0.3, -0.25) is 9.59 Å². The van der Waals surface area contributed by atoms with E-state index in [-0.39, 0.29) is 24.0 Å². The molecule has 0 radical (unpaired) electrons. The van der Waals surface area contributed by atoms with Crippen LogP contribution in [0.25, 0.3) is 0 Å². The van der Waals surface area contributed by atoms with Crippen LogP contribution in [-0.2, 0) is 9.53 Å². The summed E-state index contributed by atoms with van der Waals surface area (Å²) in [5.41, 5.74) is 0.431. The van der Waals surface area contributed by atoms with Crippen LogP contribution in [0.5, 0.6) is 5.75 Å². The van der Waals surface area contributed by atoms with Crippen molar-refractivity contribution in [3.05, 3.63) is 29.8 Å². The fraction of sp³-hybridized carbons (Fsp3) is 0.579. The molecule has 1 aromatic rings. The highest BCUT2D eigenvalue weighted by molar-refractivity contribution is 7.98. The van der Waals surface area contributed by atoms with E-state index < -0.39 is 6.04 Å². The SMILES string of the molecule is COc1ccccc1C(=O)N[C@@H](CCSC)C(=O)N1C[C@@H](C)O[C@@H](C)C1. The number of para-hydroxylation sites is 1. The number of nitrogens with zero attached hydrogens (tertiary/aromatic N) is 1. The second-order valence-corrected chi connectivity index (χ2v) is 7.49. The van der Waals surface area contributed by atoms with E-state index in [1.807, 2.05) is 26.2 Å². The van der Waals surface area contributed by atoms with Gasteiger partial charge >= 0.3 is 0 Å². The first-order valence-corrected chi connectivity index (χ1v) is 10.2. The first kappa shape index (κ1) is 20.6. The second-order valence-electron chi connectivity index (χ2n) is 6.51. The van der Waals surface area contributed by atoms with E-state index >= 15 is 0 Å². The number of hydrogen-bond donors (Lipinski definition) is 1. The zero-order chi connectivity index (χ0) is 19.1. The topological polar surface area (TPSA) is 67.9 Å². The molecule has 1 aliphatic rings. The third kappa shape index (κ3) is 5.38. The fourth-order valence-corrected chi connectivity index (χ4v) is 3.61. The van der Waals surface area contributed by atoms with Gasteiger partial charge in [0.25, 0.3) is 5.91 Å². The highest BCUT2D eigenvalue weighted by atomic mass is 32.2. The molecule has 6 nitrogen and oxygen atoms in total. The van der Waals surface area contributed by atoms with E-state index in [1.54, 1.807) is 34.9 Å². The Bertz CT molecular complexity index is 615. The van der Waals surface area contributed by atoms with Crippen LogP contribution in [0.4, 0.5) is 0 Å². The highest BCUT2D eigenvalue weighted by Gasteiger charge is 2.31. The van der Waals surface area contributed by atoms with Crippen molar-refractivity contribution < 1.29 is 19.1 Å². The van der Waals surface area contributed by atoms with Crippen LogP contribution in [-0.4, -0.2) is 67.2 Å². The average molecular weight is 381 g/mol. The minimum Gasteiger partial charge on any atom is -0.496 e. The van der Waals surface area contributed by atoms with Crippen molar-refractivity contribution in [3.8, 4) is 5.75 Å². The average Bonchev–Trinajstić information content (AvgIpc) is 2.63. The van der Waals surface area contributed by atoms with Gasteiger partial charge in [0.1, 0.15) is 11.8 Å². The Morgan fingerprint density at radius 2 is 1.96 bits per heavy atom. The summed E-state index contributed by atoms with van der Waals surface area (Å²) in [6.07, 6.45) is 2.56. The minimum absolute atomic E-state index is 0.00572. The third-order valence-electron chi connectivity index (χ3n) is 4.30. The van der Waals surface area contributed by atoms with Crippen molar-refractivity contribution in [2.45, 2.75) is 38.5 Å². The summed E-state index contributed by atoms with van der Waals surface area (Å²) in [4.78, 5) is 27.6. The third-order valence-corrected chi connectivity index (χ3v) is 4.94. The molecule has 144 valence electrons. The molecule has 1 aliphatic heterocycles. The van der Waals surface area contributed by atoms with Crippen molar-refractivity contribution in [1.29, 1.82) is 0 Å². The maximum atomic E-state index is 13.0. The summed E-state index contributed by atoms with van der Waals surface area (Å²) in [5, 5.41) is 2.91. The van der Waals surface area contributed by atoms with Crippen LogP contribution in [0.15, 0.2) is 24.3 Å². The molecule has 0 aliphatic carbocycles. The lowest BCUT2D eigenvalue weighted by atomic mass is 10.1. The molecule has 7 heteroatoms. The van der Waals surface area contributed by atoms with Crippen LogP contribution < -0.4 is 10.1 Å². The van der Waals surface area contributed by atoms with E-state index in [0.29, 0.717) is 30.8 Å². The van der Waals surface area contributed by atoms with Gasteiger partial charge in [0.15, 0.2) is 0 Å². The van der Waals surface area contributed by atoms with Gasteiger partial charge in [0, 0.05) is 13.1 Å². The van der Waals surface area contributed by atoms with Gasteiger partial charge in [0.05, 0.1) is 24.9 Å². The number of benzene rings is 1. The van der Waals surface area contributed by atoms with Gasteiger partial charge < -0.3 is 19.7 Å². The molecule has 0 bridgehead atoms. The quantitative estimate of drug-likeness (QED) is 0.785. The lowest BCUT2D eigenvalue weighted by Gasteiger charge is -2.37. The Morgan fingerprint density at radius 1 is 1.31 bits per heavy atom. The first-order chi connectivity index (χ1) is 12.5. The highest BCUT2D eigenvalue weighted by Crippen LogP contribution is 2.18. The molecule has 1 saturated heterocycles. The zero-order valence-electron chi connectivity index (χ0n) is 15.9. The Labute approximate surface area is 159 Å². The van der Waals surface area contributed by atoms with Crippen molar-refractivity contribution >= 4 is 23.6 Å². The number of rotatable bonds is 7. The van der Waals surface area contributed by atoms with Gasteiger partial charge in [-0.1, -0.05) is 12.1 Å². The van der Waals surface area contributed by atoms with Gasteiger partial charge in [-0.15, -0.1) is 0 Å². The second kappa shape index (κ2) is 9.83. The molecule has 0 unspecified atom stereocenters. The van der Waals surface area contributed by atoms with Crippen LogP contribution in [0.2, 0.25) is 0 Å². The lowest BCUT2D eigenvalue weighted by molar-refractivity contribution is -0.145. The lowest BCUT2D eigenvalue weighted by Crippen LogP contribution is -2.55. The van der Waals surface area contributed by atoms with E-state index in [2.05, 4.69) is 5.32 Å². The van der Waals surface area contributed by atoms with Crippen molar-refractivity contribution in [1.82, 2.24) is 10.2 Å². The van der Waals surface area contributed by atoms with Gasteiger partial charge in [-0.25, -0.2) is 0 Å². The maximum Gasteiger partial charge on any atom is 0.255 e. The summed E-state index contributed by atoms with van der Waals surface area (Å²) in [6, 6.07) is 6.46. The number of amides is 2. The van der Waals surface area contributed by atoms with E-state index in [1.165, 1.54) is 7.11 Å². The largest absolute Gasteiger partial charge is 0.496 e. The fourth-order valence-electron chi connectivity index (χ4n) is 3.14. The molecule has 0 saturated carbocycles. The predicted molar refractivity (Wildman–Crippen MR) is 104 cm³/mol. The molecule has 0 aromatic heterocycles. The number of nitrogens with one attached hydrogen (secondary N) is 1. The summed E-state index contributed by atoms with van der Waals surface area (Å²) < 4.78 is 11.0. The van der Waals surface area contributed by atoms with E-state index in [4.69, 9.17) is 9.47 Å². The van der Waals surface area contributed by atoms with Crippen molar-refractivity contribution in [2.75, 3.05) is 32.2 Å². The molecule has 1 heterocycles. The zero-order valence-corrected chi connectivity index (χ0v) is 16.7. The molecule has 1 fully saturated rings. The molecule has 1 aromatic carbocycles. The predicted octanol–water partition coefficient (Wildman–Crippen LogP) is 2.18. The molecule has 1 N–H and O–H groups in total. The Morgan fingerprint density at radius 3 is 2.58 bits per heavy atom. The molecule has 3 atom stereocenters. The Kier molecular flexibility index (Phi) is 7.78. The van der Waals surface area contributed by atoms with Crippen molar-refractivity contribution in [3.63, 3.8) is 0 Å². The first-order valence-electron chi connectivity index (χ1n) is 8.83. The van der Waals surface area contributed by atoms with Gasteiger partial charge in [-0.2, -0.15) is 11.8 Å². The molecular weight excluding hydrogens is 352 g/mol. The van der Waals surface area contributed by atoms with Gasteiger partial charge in [-0.05, 0) is 44.4 Å². The van der Waals surface area contributed by atoms with Gasteiger partial charge in [0.2, 0.25) is 5.91 Å². The van der Waals surface area contributed by atoms with Crippen LogP contribution in [0, 0.1) is 0 Å². The number of carbonyl (C=O) groups is 2. The Balaban J connectivity index is 2.13. The smallest absolute Gasteiger partial charge is 0.255 e. The maximum absolute atomic E-state index is 13.0. The van der Waals surface area contributed by atoms with E-state index in [0.717, 1.165) is 5.75 Å². The normalized spacial score (nSPS) is 21.2. The minimum atomic E-state index is -0.558. The molecular formula is C19H28N2O4S. The summed E-state index contributed by atoms with van der Waals surface area (Å²) >= 11 is 1.65. The number of thioether (sulfide) groups is 1. The number of ether oxygens (including phenoxy) is 2. The number of methoxy groups -OCH3 is 1. The van der Waals surface area contributed by atoms with Crippen LogP contribution in [0.3, 0.4) is 0 Å². The summed E-state index contributed by atoms with van der Waals surface area (Å²) in [7, 11) is 1.53. The Hall–Kier alpha value is -1.73. The van der Waals surface area contributed by atoms with E-state index in [9.17, 15) is 9.59 Å². The molecule has 0 spiro atoms. The van der Waals surface area contributed by atoms with Crippen LogP contribution in [0.1, 0.15) is 30.6 Å². The summed E-state index contributed by atoms with van der Waals surface area (Å²) in [6.45, 7) is 5.01.